The van der Waals surface area contributed by atoms with Crippen molar-refractivity contribution in [2.75, 3.05) is 25.5 Å². The van der Waals surface area contributed by atoms with Gasteiger partial charge >= 0.3 is 6.61 Å². The van der Waals surface area contributed by atoms with Gasteiger partial charge in [-0.2, -0.15) is 8.78 Å². The largest absolute Gasteiger partial charge is 0.493 e. The molecule has 8 heteroatoms. The number of carbonyl (C=O) groups is 2. The number of hydrogen-bond donors (Lipinski definition) is 1. The number of rotatable bonds is 6. The van der Waals surface area contributed by atoms with Crippen LogP contribution in [0.5, 0.6) is 11.5 Å². The van der Waals surface area contributed by atoms with E-state index in [9.17, 15) is 18.4 Å². The molecule has 0 aliphatic carbocycles. The maximum absolute atomic E-state index is 12.9. The average Bonchev–Trinajstić information content (AvgIpc) is 3.23. The lowest BCUT2D eigenvalue weighted by atomic mass is 10.1. The molecule has 1 aliphatic heterocycles. The molecule has 1 fully saturated rings. The number of amides is 2. The Labute approximate surface area is 167 Å². The topological polar surface area (TPSA) is 67.9 Å². The van der Waals surface area contributed by atoms with Crippen molar-refractivity contribution in [1.82, 2.24) is 4.90 Å². The van der Waals surface area contributed by atoms with Crippen LogP contribution in [0, 0.1) is 6.92 Å². The lowest BCUT2D eigenvalue weighted by Crippen LogP contribution is -2.29. The minimum absolute atomic E-state index is 0.0858. The summed E-state index contributed by atoms with van der Waals surface area (Å²) in [5.41, 5.74) is 1.63. The fraction of sp³-hybridized carbons (Fsp3) is 0.333. The van der Waals surface area contributed by atoms with E-state index in [0.717, 1.165) is 18.4 Å². The van der Waals surface area contributed by atoms with Crippen LogP contribution in [0.15, 0.2) is 36.4 Å². The van der Waals surface area contributed by atoms with Crippen molar-refractivity contribution in [1.29, 1.82) is 0 Å². The summed E-state index contributed by atoms with van der Waals surface area (Å²) >= 11 is 0. The fourth-order valence-corrected chi connectivity index (χ4v) is 3.29. The number of carbonyl (C=O) groups excluding carboxylic acids is 2. The van der Waals surface area contributed by atoms with Gasteiger partial charge in [-0.25, -0.2) is 0 Å². The van der Waals surface area contributed by atoms with E-state index in [0.29, 0.717) is 24.3 Å². The quantitative estimate of drug-likeness (QED) is 0.787. The summed E-state index contributed by atoms with van der Waals surface area (Å²) < 4.78 is 34.7. The fourth-order valence-electron chi connectivity index (χ4n) is 3.29. The van der Waals surface area contributed by atoms with Gasteiger partial charge in [-0.05, 0) is 49.6 Å². The first kappa shape index (κ1) is 20.6. The minimum atomic E-state index is -3.05. The van der Waals surface area contributed by atoms with Crippen LogP contribution in [-0.4, -0.2) is 43.5 Å². The van der Waals surface area contributed by atoms with Crippen LogP contribution in [0.3, 0.4) is 0 Å². The van der Waals surface area contributed by atoms with E-state index < -0.39 is 12.5 Å². The molecule has 6 nitrogen and oxygen atoms in total. The van der Waals surface area contributed by atoms with Gasteiger partial charge in [0.25, 0.3) is 11.8 Å². The highest BCUT2D eigenvalue weighted by Gasteiger charge is 2.24. The molecule has 2 aromatic rings. The Morgan fingerprint density at radius 3 is 2.48 bits per heavy atom. The van der Waals surface area contributed by atoms with Gasteiger partial charge in [0.1, 0.15) is 0 Å². The van der Waals surface area contributed by atoms with E-state index >= 15 is 0 Å². The Morgan fingerprint density at radius 2 is 1.83 bits per heavy atom. The molecule has 154 valence electrons. The maximum Gasteiger partial charge on any atom is 0.387 e. The normalized spacial score (nSPS) is 13.5. The predicted octanol–water partition coefficient (Wildman–Crippen LogP) is 4.09. The zero-order valence-corrected chi connectivity index (χ0v) is 16.2. The molecule has 0 atom stereocenters. The van der Waals surface area contributed by atoms with Gasteiger partial charge in [0, 0.05) is 18.7 Å². The zero-order valence-electron chi connectivity index (χ0n) is 16.2. The SMILES string of the molecule is COc1ccc(C(=O)Nc2c(C)cccc2C(=O)N2CCCC2)cc1OC(F)F. The van der Waals surface area contributed by atoms with Crippen molar-refractivity contribution < 1.29 is 27.8 Å². The van der Waals surface area contributed by atoms with Crippen LogP contribution in [0.2, 0.25) is 0 Å². The highest BCUT2D eigenvalue weighted by Crippen LogP contribution is 2.30. The van der Waals surface area contributed by atoms with Crippen LogP contribution in [0.25, 0.3) is 0 Å². The molecule has 0 aromatic heterocycles. The van der Waals surface area contributed by atoms with E-state index in [1.54, 1.807) is 30.0 Å². The van der Waals surface area contributed by atoms with Crippen molar-refractivity contribution in [3.8, 4) is 11.5 Å². The number of ether oxygens (including phenoxy) is 2. The Bertz CT molecular complexity index is 912. The summed E-state index contributed by atoms with van der Waals surface area (Å²) in [7, 11) is 1.32. The number of nitrogens with zero attached hydrogens (tertiary/aromatic N) is 1. The number of methoxy groups -OCH3 is 1. The highest BCUT2D eigenvalue weighted by molar-refractivity contribution is 6.09. The van der Waals surface area contributed by atoms with Crippen molar-refractivity contribution >= 4 is 17.5 Å². The lowest BCUT2D eigenvalue weighted by Gasteiger charge is -2.19. The maximum atomic E-state index is 12.9. The summed E-state index contributed by atoms with van der Waals surface area (Å²) in [6.07, 6.45) is 1.91. The average molecular weight is 404 g/mol. The van der Waals surface area contributed by atoms with Crippen molar-refractivity contribution in [3.63, 3.8) is 0 Å². The lowest BCUT2D eigenvalue weighted by molar-refractivity contribution is -0.0512. The molecule has 2 aromatic carbocycles. The number of aryl methyl sites for hydroxylation is 1. The molecule has 1 N–H and O–H groups in total. The molecule has 0 spiro atoms. The molecular formula is C21H22F2N2O4. The molecule has 1 heterocycles. The van der Waals surface area contributed by atoms with Gasteiger partial charge in [-0.3, -0.25) is 9.59 Å². The number of halogens is 2. The van der Waals surface area contributed by atoms with Crippen molar-refractivity contribution in [2.45, 2.75) is 26.4 Å². The second-order valence-corrected chi connectivity index (χ2v) is 6.70. The number of hydrogen-bond acceptors (Lipinski definition) is 4. The number of nitrogens with one attached hydrogen (secondary N) is 1. The van der Waals surface area contributed by atoms with Crippen molar-refractivity contribution in [2.24, 2.45) is 0 Å². The van der Waals surface area contributed by atoms with Gasteiger partial charge in [0.2, 0.25) is 0 Å². The van der Waals surface area contributed by atoms with Crippen molar-refractivity contribution in [3.05, 3.63) is 53.1 Å². The molecule has 0 unspecified atom stereocenters. The van der Waals surface area contributed by atoms with Crippen LogP contribution < -0.4 is 14.8 Å². The molecular weight excluding hydrogens is 382 g/mol. The number of alkyl halides is 2. The number of benzene rings is 2. The number of likely N-dealkylation sites (tertiary alicyclic amines) is 1. The second kappa shape index (κ2) is 8.89. The van der Waals surface area contributed by atoms with E-state index in [2.05, 4.69) is 10.1 Å². The molecule has 1 aliphatic rings. The molecule has 0 saturated carbocycles. The standard InChI is InChI=1S/C21H22F2N2O4/c1-13-6-5-7-15(20(27)25-10-3-4-11-25)18(13)24-19(26)14-8-9-16(28-2)17(12-14)29-21(22)23/h5-9,12,21H,3-4,10-11H2,1-2H3,(H,24,26). The van der Waals surface area contributed by atoms with Gasteiger partial charge in [0.15, 0.2) is 11.5 Å². The molecule has 2 amide bonds. The number of anilines is 1. The van der Waals surface area contributed by atoms with Gasteiger partial charge in [-0.15, -0.1) is 0 Å². The summed E-state index contributed by atoms with van der Waals surface area (Å²) in [5, 5.41) is 2.75. The Morgan fingerprint density at radius 1 is 1.10 bits per heavy atom. The molecule has 1 saturated heterocycles. The van der Waals surface area contributed by atoms with Crippen LogP contribution in [0.4, 0.5) is 14.5 Å². The third-order valence-electron chi connectivity index (χ3n) is 4.78. The molecule has 3 rings (SSSR count). The highest BCUT2D eigenvalue weighted by atomic mass is 19.3. The third-order valence-corrected chi connectivity index (χ3v) is 4.78. The first-order valence-electron chi connectivity index (χ1n) is 9.23. The van der Waals surface area contributed by atoms with Gasteiger partial charge in [0.05, 0.1) is 18.4 Å². The number of para-hydroxylation sites is 1. The third kappa shape index (κ3) is 4.64. The summed E-state index contributed by atoms with van der Waals surface area (Å²) in [4.78, 5) is 27.4. The summed E-state index contributed by atoms with van der Waals surface area (Å²) in [6, 6.07) is 9.21. The zero-order chi connectivity index (χ0) is 21.0. The van der Waals surface area contributed by atoms with E-state index in [1.165, 1.54) is 25.3 Å². The molecule has 0 radical (unpaired) electrons. The van der Waals surface area contributed by atoms with Crippen LogP contribution in [-0.2, 0) is 0 Å². The van der Waals surface area contributed by atoms with E-state index in [4.69, 9.17) is 4.74 Å². The van der Waals surface area contributed by atoms with E-state index in [-0.39, 0.29) is 23.0 Å². The Kier molecular flexibility index (Phi) is 6.31. The smallest absolute Gasteiger partial charge is 0.387 e. The minimum Gasteiger partial charge on any atom is -0.493 e. The first-order chi connectivity index (χ1) is 13.9. The van der Waals surface area contributed by atoms with Crippen LogP contribution in [0.1, 0.15) is 39.1 Å². The molecule has 29 heavy (non-hydrogen) atoms. The predicted molar refractivity (Wildman–Crippen MR) is 104 cm³/mol. The van der Waals surface area contributed by atoms with E-state index in [1.807, 2.05) is 0 Å². The van der Waals surface area contributed by atoms with Crippen LogP contribution >= 0.6 is 0 Å². The summed E-state index contributed by atoms with van der Waals surface area (Å²) in [6.45, 7) is 0.110. The first-order valence-corrected chi connectivity index (χ1v) is 9.23. The van der Waals surface area contributed by atoms with Gasteiger partial charge in [-0.1, -0.05) is 12.1 Å². The van der Waals surface area contributed by atoms with Gasteiger partial charge < -0.3 is 19.7 Å². The molecule has 0 bridgehead atoms. The Balaban J connectivity index is 1.88. The second-order valence-electron chi connectivity index (χ2n) is 6.70. The monoisotopic (exact) mass is 404 g/mol. The Hall–Kier alpha value is -3.16. The summed E-state index contributed by atoms with van der Waals surface area (Å²) in [5.74, 6) is -0.842.